The highest BCUT2D eigenvalue weighted by atomic mass is 16.3. The van der Waals surface area contributed by atoms with E-state index in [4.69, 9.17) is 5.11 Å². The van der Waals surface area contributed by atoms with Gasteiger partial charge in [0, 0.05) is 6.61 Å². The van der Waals surface area contributed by atoms with E-state index in [-0.39, 0.29) is 0 Å². The van der Waals surface area contributed by atoms with Crippen LogP contribution >= 0.6 is 0 Å². The molecule has 0 bridgehead atoms. The summed E-state index contributed by atoms with van der Waals surface area (Å²) in [5.74, 6) is 0.661. The lowest BCUT2D eigenvalue weighted by molar-refractivity contribution is 0.244. The van der Waals surface area contributed by atoms with Gasteiger partial charge in [0.1, 0.15) is 0 Å². The van der Waals surface area contributed by atoms with E-state index in [0.29, 0.717) is 12.5 Å². The summed E-state index contributed by atoms with van der Waals surface area (Å²) in [4.78, 5) is 2.30. The Bertz CT molecular complexity index is 85.6. The van der Waals surface area contributed by atoms with Gasteiger partial charge in [-0.15, -0.1) is 0 Å². The number of hydrogen-bond acceptors (Lipinski definition) is 2. The molecule has 0 spiro atoms. The van der Waals surface area contributed by atoms with E-state index in [1.807, 2.05) is 0 Å². The van der Waals surface area contributed by atoms with E-state index in [2.05, 4.69) is 25.8 Å². The standard InChI is InChI=1S/C9H21NO/c1-4-10(3)7-5-9(2)6-8-11/h9,11H,4-8H2,1-3H3. The maximum absolute atomic E-state index is 8.65. The fourth-order valence-corrected chi connectivity index (χ4v) is 0.964. The van der Waals surface area contributed by atoms with Crippen molar-refractivity contribution in [3.05, 3.63) is 0 Å². The van der Waals surface area contributed by atoms with Crippen molar-refractivity contribution in [2.24, 2.45) is 5.92 Å². The number of nitrogens with zero attached hydrogens (tertiary/aromatic N) is 1. The van der Waals surface area contributed by atoms with Gasteiger partial charge < -0.3 is 10.0 Å². The van der Waals surface area contributed by atoms with Crippen LogP contribution in [0.25, 0.3) is 0 Å². The van der Waals surface area contributed by atoms with Crippen LogP contribution in [0.4, 0.5) is 0 Å². The molecule has 0 radical (unpaired) electrons. The molecular formula is C9H21NO. The number of aliphatic hydroxyl groups is 1. The third kappa shape index (κ3) is 6.32. The van der Waals surface area contributed by atoms with E-state index in [1.54, 1.807) is 0 Å². The molecule has 0 aromatic rings. The maximum Gasteiger partial charge on any atom is 0.0433 e. The van der Waals surface area contributed by atoms with Crippen LogP contribution in [0.5, 0.6) is 0 Å². The Morgan fingerprint density at radius 2 is 2.00 bits per heavy atom. The lowest BCUT2D eigenvalue weighted by Crippen LogP contribution is -2.20. The molecule has 0 aromatic heterocycles. The summed E-state index contributed by atoms with van der Waals surface area (Å²) < 4.78 is 0. The molecule has 0 amide bonds. The van der Waals surface area contributed by atoms with Crippen LogP contribution in [-0.4, -0.2) is 36.8 Å². The molecule has 0 rings (SSSR count). The maximum atomic E-state index is 8.65. The first kappa shape index (κ1) is 10.9. The molecule has 1 atom stereocenters. The third-order valence-corrected chi connectivity index (χ3v) is 2.17. The Morgan fingerprint density at radius 1 is 1.36 bits per heavy atom. The summed E-state index contributed by atoms with van der Waals surface area (Å²) in [6.45, 7) is 6.96. The van der Waals surface area contributed by atoms with Crippen LogP contribution in [0.1, 0.15) is 26.7 Å². The van der Waals surface area contributed by atoms with Gasteiger partial charge in [0.2, 0.25) is 0 Å². The molecule has 0 fully saturated rings. The van der Waals surface area contributed by atoms with Crippen LogP contribution < -0.4 is 0 Å². The van der Waals surface area contributed by atoms with Crippen molar-refractivity contribution in [1.29, 1.82) is 0 Å². The summed E-state index contributed by atoms with van der Waals surface area (Å²) in [5, 5.41) is 8.65. The molecule has 2 heteroatoms. The average molecular weight is 159 g/mol. The normalized spacial score (nSPS) is 13.9. The van der Waals surface area contributed by atoms with E-state index in [1.165, 1.54) is 6.42 Å². The van der Waals surface area contributed by atoms with Gasteiger partial charge in [0.25, 0.3) is 0 Å². The van der Waals surface area contributed by atoms with Crippen molar-refractivity contribution in [2.75, 3.05) is 26.7 Å². The van der Waals surface area contributed by atoms with Crippen LogP contribution in [-0.2, 0) is 0 Å². The zero-order valence-corrected chi connectivity index (χ0v) is 8.01. The molecule has 11 heavy (non-hydrogen) atoms. The van der Waals surface area contributed by atoms with Gasteiger partial charge in [-0.25, -0.2) is 0 Å². The van der Waals surface area contributed by atoms with Crippen molar-refractivity contribution < 1.29 is 5.11 Å². The highest BCUT2D eigenvalue weighted by Gasteiger charge is 2.01. The molecule has 2 nitrogen and oxygen atoms in total. The zero-order valence-electron chi connectivity index (χ0n) is 8.01. The SMILES string of the molecule is CCN(C)CCC(C)CCO. The van der Waals surface area contributed by atoms with E-state index < -0.39 is 0 Å². The van der Waals surface area contributed by atoms with Crippen LogP contribution in [0.2, 0.25) is 0 Å². The first-order valence-electron chi connectivity index (χ1n) is 4.50. The molecule has 0 aliphatic heterocycles. The van der Waals surface area contributed by atoms with Gasteiger partial charge in [0.15, 0.2) is 0 Å². The van der Waals surface area contributed by atoms with E-state index >= 15 is 0 Å². The molecular weight excluding hydrogens is 138 g/mol. The quantitative estimate of drug-likeness (QED) is 0.632. The van der Waals surface area contributed by atoms with Gasteiger partial charge in [0.05, 0.1) is 0 Å². The Kier molecular flexibility index (Phi) is 6.57. The van der Waals surface area contributed by atoms with Gasteiger partial charge >= 0.3 is 0 Å². The first-order chi connectivity index (χ1) is 5.20. The monoisotopic (exact) mass is 159 g/mol. The second kappa shape index (κ2) is 6.62. The Labute approximate surface area is 70.2 Å². The minimum absolute atomic E-state index is 0.330. The van der Waals surface area contributed by atoms with E-state index in [0.717, 1.165) is 19.5 Å². The number of hydrogen-bond donors (Lipinski definition) is 1. The van der Waals surface area contributed by atoms with Crippen molar-refractivity contribution in [2.45, 2.75) is 26.7 Å². The van der Waals surface area contributed by atoms with Crippen LogP contribution in [0, 0.1) is 5.92 Å². The summed E-state index contributed by atoms with van der Waals surface area (Å²) in [7, 11) is 2.13. The largest absolute Gasteiger partial charge is 0.396 e. The van der Waals surface area contributed by atoms with Gasteiger partial charge in [-0.3, -0.25) is 0 Å². The minimum Gasteiger partial charge on any atom is -0.396 e. The predicted octanol–water partition coefficient (Wildman–Crippen LogP) is 1.35. The van der Waals surface area contributed by atoms with E-state index in [9.17, 15) is 0 Å². The van der Waals surface area contributed by atoms with Gasteiger partial charge in [-0.1, -0.05) is 13.8 Å². The highest BCUT2D eigenvalue weighted by molar-refractivity contribution is 4.55. The molecule has 68 valence electrons. The summed E-state index contributed by atoms with van der Waals surface area (Å²) in [6.07, 6.45) is 2.14. The molecule has 1 unspecified atom stereocenters. The number of aliphatic hydroxyl groups excluding tert-OH is 1. The number of rotatable bonds is 6. The van der Waals surface area contributed by atoms with Crippen molar-refractivity contribution in [1.82, 2.24) is 4.90 Å². The lowest BCUT2D eigenvalue weighted by atomic mass is 10.0. The highest BCUT2D eigenvalue weighted by Crippen LogP contribution is 2.06. The summed E-state index contributed by atoms with van der Waals surface area (Å²) in [5.41, 5.74) is 0. The smallest absolute Gasteiger partial charge is 0.0433 e. The molecule has 0 aromatic carbocycles. The average Bonchev–Trinajstić information content (AvgIpc) is 2.01. The third-order valence-electron chi connectivity index (χ3n) is 2.17. The van der Waals surface area contributed by atoms with Crippen LogP contribution in [0.3, 0.4) is 0 Å². The second-order valence-corrected chi connectivity index (χ2v) is 3.30. The van der Waals surface area contributed by atoms with Crippen LogP contribution in [0.15, 0.2) is 0 Å². The lowest BCUT2D eigenvalue weighted by Gasteiger charge is -2.16. The zero-order chi connectivity index (χ0) is 8.69. The molecule has 0 heterocycles. The topological polar surface area (TPSA) is 23.5 Å². The molecule has 0 aliphatic carbocycles. The Hall–Kier alpha value is -0.0800. The van der Waals surface area contributed by atoms with Crippen molar-refractivity contribution in [3.63, 3.8) is 0 Å². The van der Waals surface area contributed by atoms with Crippen molar-refractivity contribution in [3.8, 4) is 0 Å². The second-order valence-electron chi connectivity index (χ2n) is 3.30. The molecule has 1 N–H and O–H groups in total. The predicted molar refractivity (Wildman–Crippen MR) is 48.7 cm³/mol. The fraction of sp³-hybridized carbons (Fsp3) is 1.00. The minimum atomic E-state index is 0.330. The Balaban J connectivity index is 3.22. The van der Waals surface area contributed by atoms with Gasteiger partial charge in [-0.2, -0.15) is 0 Å². The Morgan fingerprint density at radius 3 is 2.45 bits per heavy atom. The molecule has 0 aliphatic rings. The van der Waals surface area contributed by atoms with Gasteiger partial charge in [-0.05, 0) is 38.9 Å². The molecule has 0 saturated heterocycles. The summed E-state index contributed by atoms with van der Waals surface area (Å²) >= 11 is 0. The first-order valence-corrected chi connectivity index (χ1v) is 4.50. The molecule has 0 saturated carbocycles. The van der Waals surface area contributed by atoms with Crippen molar-refractivity contribution >= 4 is 0 Å². The fourth-order valence-electron chi connectivity index (χ4n) is 0.964. The summed E-state index contributed by atoms with van der Waals surface area (Å²) in [6, 6.07) is 0.